The fourth-order valence-corrected chi connectivity index (χ4v) is 1.67. The molecule has 2 rings (SSSR count). The van der Waals surface area contributed by atoms with Gasteiger partial charge in [-0.2, -0.15) is 0 Å². The van der Waals surface area contributed by atoms with Crippen molar-refractivity contribution in [3.8, 4) is 0 Å². The largest absolute Gasteiger partial charge is 0.398 e. The summed E-state index contributed by atoms with van der Waals surface area (Å²) in [6, 6.07) is 14.0. The van der Waals surface area contributed by atoms with Crippen molar-refractivity contribution >= 4 is 17.1 Å². The number of nitrogens with two attached hydrogens (primary N) is 1. The van der Waals surface area contributed by atoms with Crippen LogP contribution in [0.5, 0.6) is 0 Å². The lowest BCUT2D eigenvalue weighted by Gasteiger charge is -2.08. The van der Waals surface area contributed by atoms with Gasteiger partial charge in [-0.15, -0.1) is 0 Å². The number of anilines is 2. The zero-order valence-corrected chi connectivity index (χ0v) is 9.67. The lowest BCUT2D eigenvalue weighted by Crippen LogP contribution is -2.04. The summed E-state index contributed by atoms with van der Waals surface area (Å²) in [6.45, 7) is 0.456. The van der Waals surface area contributed by atoms with Gasteiger partial charge in [0.1, 0.15) is 5.69 Å². The Morgan fingerprint density at radius 1 is 1.11 bits per heavy atom. The van der Waals surface area contributed by atoms with E-state index in [-0.39, 0.29) is 5.69 Å². The van der Waals surface area contributed by atoms with Gasteiger partial charge in [0, 0.05) is 18.3 Å². The molecule has 0 amide bonds. The standard InChI is InChI=1S/C13H13N3O2/c14-11-6-2-1-5-10(11)9-15-12-7-3-4-8-13(12)16(17)18/h1-8,15H,9,14H2. The van der Waals surface area contributed by atoms with E-state index in [1.54, 1.807) is 24.3 Å². The Morgan fingerprint density at radius 3 is 2.50 bits per heavy atom. The molecule has 5 heteroatoms. The zero-order chi connectivity index (χ0) is 13.0. The monoisotopic (exact) mass is 243 g/mol. The van der Waals surface area contributed by atoms with Gasteiger partial charge in [0.25, 0.3) is 5.69 Å². The average molecular weight is 243 g/mol. The molecular formula is C13H13N3O2. The Morgan fingerprint density at radius 2 is 1.78 bits per heavy atom. The van der Waals surface area contributed by atoms with Crippen molar-refractivity contribution in [2.75, 3.05) is 11.1 Å². The lowest BCUT2D eigenvalue weighted by atomic mass is 10.1. The third-order valence-electron chi connectivity index (χ3n) is 2.63. The molecule has 18 heavy (non-hydrogen) atoms. The Labute approximate surface area is 104 Å². The fraction of sp³-hybridized carbons (Fsp3) is 0.0769. The molecule has 0 aliphatic heterocycles. The van der Waals surface area contributed by atoms with E-state index in [1.807, 2.05) is 18.2 Å². The van der Waals surface area contributed by atoms with Gasteiger partial charge < -0.3 is 11.1 Å². The molecule has 0 saturated carbocycles. The van der Waals surface area contributed by atoms with Crippen molar-refractivity contribution in [2.45, 2.75) is 6.54 Å². The minimum absolute atomic E-state index is 0.0620. The van der Waals surface area contributed by atoms with Gasteiger partial charge >= 0.3 is 0 Å². The topological polar surface area (TPSA) is 81.2 Å². The number of para-hydroxylation sites is 3. The highest BCUT2D eigenvalue weighted by atomic mass is 16.6. The Bertz CT molecular complexity index is 570. The predicted molar refractivity (Wildman–Crippen MR) is 71.3 cm³/mol. The molecule has 5 nitrogen and oxygen atoms in total. The van der Waals surface area contributed by atoms with Crippen molar-refractivity contribution < 1.29 is 4.92 Å². The van der Waals surface area contributed by atoms with Crippen LogP contribution >= 0.6 is 0 Å². The molecule has 92 valence electrons. The van der Waals surface area contributed by atoms with Crippen LogP contribution in [0.25, 0.3) is 0 Å². The summed E-state index contributed by atoms with van der Waals surface area (Å²) >= 11 is 0. The third-order valence-corrected chi connectivity index (χ3v) is 2.63. The molecule has 0 atom stereocenters. The van der Waals surface area contributed by atoms with Gasteiger partial charge in [0.15, 0.2) is 0 Å². The average Bonchev–Trinajstić information content (AvgIpc) is 2.38. The van der Waals surface area contributed by atoms with Crippen molar-refractivity contribution in [2.24, 2.45) is 0 Å². The van der Waals surface area contributed by atoms with Gasteiger partial charge in [0.2, 0.25) is 0 Å². The number of benzene rings is 2. The second-order valence-corrected chi connectivity index (χ2v) is 3.83. The Hall–Kier alpha value is -2.56. The van der Waals surface area contributed by atoms with Gasteiger partial charge in [-0.25, -0.2) is 0 Å². The Kier molecular flexibility index (Phi) is 3.43. The van der Waals surface area contributed by atoms with Crippen LogP contribution < -0.4 is 11.1 Å². The maximum Gasteiger partial charge on any atom is 0.292 e. The first-order chi connectivity index (χ1) is 8.68. The number of nitrogens with one attached hydrogen (secondary N) is 1. The molecular weight excluding hydrogens is 230 g/mol. The van der Waals surface area contributed by atoms with E-state index in [9.17, 15) is 10.1 Å². The van der Waals surface area contributed by atoms with Crippen LogP contribution in [0.3, 0.4) is 0 Å². The molecule has 0 radical (unpaired) electrons. The summed E-state index contributed by atoms with van der Waals surface area (Å²) in [4.78, 5) is 10.4. The highest BCUT2D eigenvalue weighted by Gasteiger charge is 2.11. The minimum atomic E-state index is -0.406. The van der Waals surface area contributed by atoms with Crippen LogP contribution in [-0.2, 0) is 6.54 Å². The molecule has 0 aliphatic carbocycles. The number of hydrogen-bond acceptors (Lipinski definition) is 4. The molecule has 0 spiro atoms. The molecule has 0 heterocycles. The molecule has 0 unspecified atom stereocenters. The summed E-state index contributed by atoms with van der Waals surface area (Å²) in [6.07, 6.45) is 0. The first kappa shape index (κ1) is 11.9. The molecule has 0 fully saturated rings. The third kappa shape index (κ3) is 2.57. The van der Waals surface area contributed by atoms with Crippen molar-refractivity contribution in [3.63, 3.8) is 0 Å². The predicted octanol–water partition coefficient (Wildman–Crippen LogP) is 2.79. The van der Waals surface area contributed by atoms with Crippen LogP contribution in [-0.4, -0.2) is 4.92 Å². The SMILES string of the molecule is Nc1ccccc1CNc1ccccc1[N+](=O)[O-]. The van der Waals surface area contributed by atoms with Gasteiger partial charge in [-0.3, -0.25) is 10.1 Å². The number of nitro benzene ring substituents is 1. The summed E-state index contributed by atoms with van der Waals surface area (Å²) in [7, 11) is 0. The van der Waals surface area contributed by atoms with E-state index in [0.29, 0.717) is 17.9 Å². The summed E-state index contributed by atoms with van der Waals surface area (Å²) in [5.74, 6) is 0. The molecule has 2 aromatic carbocycles. The van der Waals surface area contributed by atoms with Crippen molar-refractivity contribution in [1.82, 2.24) is 0 Å². The molecule has 2 aromatic rings. The lowest BCUT2D eigenvalue weighted by molar-refractivity contribution is -0.384. The molecule has 0 aromatic heterocycles. The quantitative estimate of drug-likeness (QED) is 0.491. The van der Waals surface area contributed by atoms with Crippen molar-refractivity contribution in [3.05, 3.63) is 64.2 Å². The molecule has 0 saturated heterocycles. The van der Waals surface area contributed by atoms with Crippen LogP contribution in [0, 0.1) is 10.1 Å². The van der Waals surface area contributed by atoms with Gasteiger partial charge in [-0.05, 0) is 17.7 Å². The second-order valence-electron chi connectivity index (χ2n) is 3.83. The Balaban J connectivity index is 2.16. The second kappa shape index (κ2) is 5.18. The molecule has 3 N–H and O–H groups in total. The maximum atomic E-state index is 10.8. The summed E-state index contributed by atoms with van der Waals surface area (Å²) in [5, 5.41) is 13.9. The number of nitrogen functional groups attached to an aromatic ring is 1. The van der Waals surface area contributed by atoms with E-state index in [4.69, 9.17) is 5.73 Å². The maximum absolute atomic E-state index is 10.8. The smallest absolute Gasteiger partial charge is 0.292 e. The zero-order valence-electron chi connectivity index (χ0n) is 9.67. The first-order valence-corrected chi connectivity index (χ1v) is 5.49. The van der Waals surface area contributed by atoms with Crippen LogP contribution in [0.1, 0.15) is 5.56 Å². The molecule has 0 aliphatic rings. The number of nitro groups is 1. The summed E-state index contributed by atoms with van der Waals surface area (Å²) < 4.78 is 0. The number of nitrogens with zero attached hydrogens (tertiary/aromatic N) is 1. The minimum Gasteiger partial charge on any atom is -0.398 e. The fourth-order valence-electron chi connectivity index (χ4n) is 1.67. The van der Waals surface area contributed by atoms with E-state index >= 15 is 0 Å². The van der Waals surface area contributed by atoms with Gasteiger partial charge in [0.05, 0.1) is 4.92 Å². The van der Waals surface area contributed by atoms with E-state index in [1.165, 1.54) is 6.07 Å². The van der Waals surface area contributed by atoms with Crippen LogP contribution in [0.4, 0.5) is 17.1 Å². The summed E-state index contributed by atoms with van der Waals surface area (Å²) in [5.41, 5.74) is 7.94. The highest BCUT2D eigenvalue weighted by molar-refractivity contribution is 5.62. The van der Waals surface area contributed by atoms with E-state index in [2.05, 4.69) is 5.32 Å². The number of rotatable bonds is 4. The highest BCUT2D eigenvalue weighted by Crippen LogP contribution is 2.24. The van der Waals surface area contributed by atoms with Crippen LogP contribution in [0.2, 0.25) is 0 Å². The molecule has 0 bridgehead atoms. The van der Waals surface area contributed by atoms with E-state index in [0.717, 1.165) is 5.56 Å². The number of hydrogen-bond donors (Lipinski definition) is 2. The first-order valence-electron chi connectivity index (χ1n) is 5.49. The van der Waals surface area contributed by atoms with E-state index < -0.39 is 4.92 Å². The van der Waals surface area contributed by atoms with Crippen LogP contribution in [0.15, 0.2) is 48.5 Å². The normalized spacial score (nSPS) is 10.0. The van der Waals surface area contributed by atoms with Gasteiger partial charge in [-0.1, -0.05) is 30.3 Å². The van der Waals surface area contributed by atoms with Crippen molar-refractivity contribution in [1.29, 1.82) is 0 Å².